The van der Waals surface area contributed by atoms with Crippen LogP contribution in [0.3, 0.4) is 0 Å². The molecule has 1 aromatic carbocycles. The maximum Gasteiger partial charge on any atom is 0.330 e. The minimum atomic E-state index is -0.455. The first-order valence-corrected chi connectivity index (χ1v) is 6.44. The van der Waals surface area contributed by atoms with Gasteiger partial charge in [-0.05, 0) is 17.8 Å². The zero-order valence-electron chi connectivity index (χ0n) is 10.7. The summed E-state index contributed by atoms with van der Waals surface area (Å²) < 4.78 is 3.43. The van der Waals surface area contributed by atoms with Gasteiger partial charge in [-0.3, -0.25) is 14.3 Å². The predicted octanol–water partition coefficient (Wildman–Crippen LogP) is 1.13. The maximum absolute atomic E-state index is 12.0. The van der Waals surface area contributed by atoms with E-state index in [0.29, 0.717) is 22.5 Å². The molecule has 20 heavy (non-hydrogen) atoms. The van der Waals surface area contributed by atoms with E-state index < -0.39 is 11.2 Å². The van der Waals surface area contributed by atoms with E-state index in [0.717, 1.165) is 5.56 Å². The van der Waals surface area contributed by atoms with Gasteiger partial charge in [0.2, 0.25) is 0 Å². The van der Waals surface area contributed by atoms with Gasteiger partial charge in [-0.2, -0.15) is 0 Å². The molecule has 0 bridgehead atoms. The normalized spacial score (nSPS) is 11.1. The second-order valence-corrected chi connectivity index (χ2v) is 4.90. The minimum absolute atomic E-state index is 0.363. The van der Waals surface area contributed by atoms with E-state index in [1.165, 1.54) is 4.57 Å². The van der Waals surface area contributed by atoms with Crippen molar-refractivity contribution >= 4 is 23.4 Å². The first kappa shape index (κ1) is 12.6. The third-order valence-electron chi connectivity index (χ3n) is 3.22. The number of aromatic nitrogens is 4. The van der Waals surface area contributed by atoms with Crippen molar-refractivity contribution < 1.29 is 0 Å². The number of nitrogens with zero attached hydrogens (tertiary/aromatic N) is 2. The molecule has 0 saturated carbocycles. The van der Waals surface area contributed by atoms with Crippen molar-refractivity contribution in [3.05, 3.63) is 61.5 Å². The van der Waals surface area contributed by atoms with Crippen LogP contribution in [0.25, 0.3) is 11.2 Å². The SMILES string of the molecule is Cn1c(=S)[nH]c2c1c(=O)[nH]c(=O)n2Cc1ccccc1. The van der Waals surface area contributed by atoms with Crippen molar-refractivity contribution in [2.24, 2.45) is 7.05 Å². The zero-order valence-corrected chi connectivity index (χ0v) is 11.5. The molecule has 0 unspecified atom stereocenters. The summed E-state index contributed by atoms with van der Waals surface area (Å²) >= 11 is 5.12. The number of aromatic amines is 2. The average molecular weight is 288 g/mol. The summed E-state index contributed by atoms with van der Waals surface area (Å²) in [5.41, 5.74) is 0.874. The molecule has 0 atom stereocenters. The Morgan fingerprint density at radius 2 is 1.85 bits per heavy atom. The van der Waals surface area contributed by atoms with E-state index in [1.807, 2.05) is 30.3 Å². The molecular weight excluding hydrogens is 276 g/mol. The van der Waals surface area contributed by atoms with Crippen molar-refractivity contribution in [2.45, 2.75) is 6.54 Å². The van der Waals surface area contributed by atoms with E-state index in [9.17, 15) is 9.59 Å². The molecule has 0 radical (unpaired) electrons. The van der Waals surface area contributed by atoms with Gasteiger partial charge in [0, 0.05) is 7.05 Å². The topological polar surface area (TPSA) is 75.6 Å². The Labute approximate surface area is 118 Å². The Kier molecular flexibility index (Phi) is 2.90. The molecule has 3 aromatic rings. The molecule has 0 spiro atoms. The summed E-state index contributed by atoms with van der Waals surface area (Å²) in [6.45, 7) is 0.363. The number of hydrogen-bond acceptors (Lipinski definition) is 3. The highest BCUT2D eigenvalue weighted by molar-refractivity contribution is 7.71. The summed E-state index contributed by atoms with van der Waals surface area (Å²) in [6.07, 6.45) is 0. The molecule has 2 heterocycles. The van der Waals surface area contributed by atoms with Gasteiger partial charge in [0.15, 0.2) is 10.3 Å². The molecule has 0 saturated heterocycles. The van der Waals surface area contributed by atoms with Crippen LogP contribution in [0.15, 0.2) is 39.9 Å². The maximum atomic E-state index is 12.0. The molecule has 102 valence electrons. The van der Waals surface area contributed by atoms with Gasteiger partial charge in [-0.15, -0.1) is 0 Å². The minimum Gasteiger partial charge on any atom is -0.316 e. The number of aryl methyl sites for hydroxylation is 1. The van der Waals surface area contributed by atoms with E-state index >= 15 is 0 Å². The van der Waals surface area contributed by atoms with Crippen LogP contribution in [0.2, 0.25) is 0 Å². The molecule has 0 amide bonds. The Balaban J connectivity index is 2.31. The Morgan fingerprint density at radius 3 is 2.55 bits per heavy atom. The average Bonchev–Trinajstić information content (AvgIpc) is 2.72. The standard InChI is InChI=1S/C13H12N4O2S/c1-16-9-10(14-13(16)20)17(12(19)15-11(9)18)7-8-5-3-2-4-6-8/h2-6H,7H2,1H3,(H,14,20)(H,15,18,19). The summed E-state index contributed by atoms with van der Waals surface area (Å²) in [4.78, 5) is 29.1. The highest BCUT2D eigenvalue weighted by atomic mass is 32.1. The fraction of sp³-hybridized carbons (Fsp3) is 0.154. The lowest BCUT2D eigenvalue weighted by atomic mass is 10.2. The Morgan fingerprint density at radius 1 is 1.15 bits per heavy atom. The molecule has 2 N–H and O–H groups in total. The fourth-order valence-electron chi connectivity index (χ4n) is 2.20. The van der Waals surface area contributed by atoms with Crippen molar-refractivity contribution in [3.63, 3.8) is 0 Å². The molecule has 2 aromatic heterocycles. The van der Waals surface area contributed by atoms with Gasteiger partial charge in [0.05, 0.1) is 6.54 Å². The number of H-pyrrole nitrogens is 2. The van der Waals surface area contributed by atoms with Gasteiger partial charge >= 0.3 is 5.69 Å². The summed E-state index contributed by atoms with van der Waals surface area (Å²) in [6, 6.07) is 9.54. The van der Waals surface area contributed by atoms with E-state index in [1.54, 1.807) is 11.6 Å². The number of benzene rings is 1. The second-order valence-electron chi connectivity index (χ2n) is 4.52. The Bertz CT molecular complexity index is 946. The molecule has 0 aliphatic rings. The van der Waals surface area contributed by atoms with Gasteiger partial charge < -0.3 is 9.55 Å². The van der Waals surface area contributed by atoms with E-state index in [2.05, 4.69) is 9.97 Å². The number of nitrogens with one attached hydrogen (secondary N) is 2. The van der Waals surface area contributed by atoms with Gasteiger partial charge in [0.25, 0.3) is 5.56 Å². The van der Waals surface area contributed by atoms with Gasteiger partial charge in [0.1, 0.15) is 5.65 Å². The van der Waals surface area contributed by atoms with Gasteiger partial charge in [-0.1, -0.05) is 30.3 Å². The molecule has 6 nitrogen and oxygen atoms in total. The molecular formula is C13H12N4O2S. The van der Waals surface area contributed by atoms with Crippen LogP contribution < -0.4 is 11.2 Å². The smallest absolute Gasteiger partial charge is 0.316 e. The zero-order chi connectivity index (χ0) is 14.3. The van der Waals surface area contributed by atoms with Crippen LogP contribution in [-0.2, 0) is 13.6 Å². The molecule has 0 aliphatic heterocycles. The van der Waals surface area contributed by atoms with Crippen LogP contribution in [-0.4, -0.2) is 19.1 Å². The predicted molar refractivity (Wildman–Crippen MR) is 78.5 cm³/mol. The third-order valence-corrected chi connectivity index (χ3v) is 3.60. The van der Waals surface area contributed by atoms with E-state index in [4.69, 9.17) is 12.2 Å². The summed E-state index contributed by atoms with van der Waals surface area (Å²) in [7, 11) is 1.69. The van der Waals surface area contributed by atoms with Crippen LogP contribution in [0.4, 0.5) is 0 Å². The molecule has 7 heteroatoms. The molecule has 3 rings (SSSR count). The number of hydrogen-bond donors (Lipinski definition) is 2. The second kappa shape index (κ2) is 4.61. The number of fused-ring (bicyclic) bond motifs is 1. The summed E-state index contributed by atoms with van der Waals surface area (Å²) in [5.74, 6) is 0. The molecule has 0 fully saturated rings. The Hall–Kier alpha value is -2.41. The van der Waals surface area contributed by atoms with Crippen LogP contribution in [0.1, 0.15) is 5.56 Å². The quantitative estimate of drug-likeness (QED) is 0.694. The van der Waals surface area contributed by atoms with E-state index in [-0.39, 0.29) is 0 Å². The lowest BCUT2D eigenvalue weighted by Gasteiger charge is -2.06. The first-order chi connectivity index (χ1) is 9.58. The number of imidazole rings is 1. The largest absolute Gasteiger partial charge is 0.330 e. The highest BCUT2D eigenvalue weighted by Crippen LogP contribution is 2.08. The van der Waals surface area contributed by atoms with Crippen molar-refractivity contribution in [1.29, 1.82) is 0 Å². The summed E-state index contributed by atoms with van der Waals surface area (Å²) in [5, 5.41) is 0. The van der Waals surface area contributed by atoms with Crippen LogP contribution in [0.5, 0.6) is 0 Å². The van der Waals surface area contributed by atoms with Crippen LogP contribution >= 0.6 is 12.2 Å². The van der Waals surface area contributed by atoms with Crippen molar-refractivity contribution in [2.75, 3.05) is 0 Å². The van der Waals surface area contributed by atoms with Crippen molar-refractivity contribution in [3.8, 4) is 0 Å². The molecule has 0 aliphatic carbocycles. The number of rotatable bonds is 2. The monoisotopic (exact) mass is 288 g/mol. The fourth-order valence-corrected chi connectivity index (χ4v) is 2.39. The lowest BCUT2D eigenvalue weighted by Crippen LogP contribution is -2.31. The first-order valence-electron chi connectivity index (χ1n) is 6.03. The van der Waals surface area contributed by atoms with Gasteiger partial charge in [-0.25, -0.2) is 4.79 Å². The third kappa shape index (κ3) is 1.92. The van der Waals surface area contributed by atoms with Crippen molar-refractivity contribution in [1.82, 2.24) is 19.1 Å². The highest BCUT2D eigenvalue weighted by Gasteiger charge is 2.12. The van der Waals surface area contributed by atoms with Crippen LogP contribution in [0, 0.1) is 4.77 Å². The lowest BCUT2D eigenvalue weighted by molar-refractivity contribution is 0.747.